The summed E-state index contributed by atoms with van der Waals surface area (Å²) in [5, 5.41) is 17.3. The van der Waals surface area contributed by atoms with Crippen LogP contribution in [-0.4, -0.2) is 37.3 Å². The van der Waals surface area contributed by atoms with Gasteiger partial charge >= 0.3 is 0 Å². The Morgan fingerprint density at radius 2 is 2.00 bits per heavy atom. The van der Waals surface area contributed by atoms with Crippen molar-refractivity contribution in [1.82, 2.24) is 10.6 Å². The summed E-state index contributed by atoms with van der Waals surface area (Å²) in [6.45, 7) is 7.82. The van der Waals surface area contributed by atoms with Crippen molar-refractivity contribution < 1.29 is 9.84 Å². The fourth-order valence-electron chi connectivity index (χ4n) is 3.71. The van der Waals surface area contributed by atoms with Crippen LogP contribution in [0, 0.1) is 11.8 Å². The van der Waals surface area contributed by atoms with E-state index in [2.05, 4.69) is 36.4 Å². The van der Waals surface area contributed by atoms with Gasteiger partial charge in [-0.2, -0.15) is 0 Å². The quantitative estimate of drug-likeness (QED) is 0.546. The Morgan fingerprint density at radius 3 is 2.64 bits per heavy atom. The summed E-state index contributed by atoms with van der Waals surface area (Å²) in [7, 11) is 1.63. The van der Waals surface area contributed by atoms with Gasteiger partial charge in [-0.1, -0.05) is 26.0 Å². The lowest BCUT2D eigenvalue weighted by molar-refractivity contribution is 0.186. The Labute approximate surface area is 151 Å². The molecule has 3 unspecified atom stereocenters. The normalized spacial score (nSPS) is 25.3. The zero-order valence-corrected chi connectivity index (χ0v) is 16.0. The van der Waals surface area contributed by atoms with Gasteiger partial charge in [0.15, 0.2) is 5.96 Å². The smallest absolute Gasteiger partial charge is 0.191 e. The highest BCUT2D eigenvalue weighted by Gasteiger charge is 2.24. The van der Waals surface area contributed by atoms with E-state index in [0.717, 1.165) is 35.7 Å². The first-order valence-corrected chi connectivity index (χ1v) is 9.38. The molecule has 1 saturated carbocycles. The molecule has 0 aliphatic heterocycles. The summed E-state index contributed by atoms with van der Waals surface area (Å²) in [6, 6.07) is 7.95. The minimum absolute atomic E-state index is 0.320. The summed E-state index contributed by atoms with van der Waals surface area (Å²) in [6.07, 6.45) is 3.01. The number of guanidine groups is 1. The predicted octanol–water partition coefficient (Wildman–Crippen LogP) is 3.11. The lowest BCUT2D eigenvalue weighted by atomic mass is 9.80. The van der Waals surface area contributed by atoms with E-state index in [9.17, 15) is 5.11 Å². The van der Waals surface area contributed by atoms with Gasteiger partial charge in [0.05, 0.1) is 19.8 Å². The van der Waals surface area contributed by atoms with Crippen molar-refractivity contribution in [2.45, 2.75) is 52.2 Å². The molecule has 1 aromatic rings. The number of rotatable bonds is 6. The Bertz CT molecular complexity index is 552. The average Bonchev–Trinajstić information content (AvgIpc) is 2.58. The van der Waals surface area contributed by atoms with Gasteiger partial charge in [-0.05, 0) is 55.7 Å². The van der Waals surface area contributed by atoms with Crippen LogP contribution in [0.2, 0.25) is 0 Å². The van der Waals surface area contributed by atoms with Gasteiger partial charge in [0.2, 0.25) is 0 Å². The molecule has 1 aliphatic carbocycles. The molecule has 5 nitrogen and oxygen atoms in total. The number of hydrogen-bond acceptors (Lipinski definition) is 3. The summed E-state index contributed by atoms with van der Waals surface area (Å²) >= 11 is 0. The monoisotopic (exact) mass is 347 g/mol. The van der Waals surface area contributed by atoms with E-state index in [0.29, 0.717) is 12.6 Å². The number of ether oxygens (including phenoxy) is 1. The first-order chi connectivity index (χ1) is 12.0. The molecule has 0 heterocycles. The van der Waals surface area contributed by atoms with E-state index in [1.54, 1.807) is 7.11 Å². The zero-order chi connectivity index (χ0) is 18.2. The second-order valence-electron chi connectivity index (χ2n) is 7.27. The van der Waals surface area contributed by atoms with E-state index in [1.807, 2.05) is 24.3 Å². The van der Waals surface area contributed by atoms with Crippen molar-refractivity contribution in [3.8, 4) is 5.75 Å². The minimum atomic E-state index is -0.644. The molecule has 140 valence electrons. The number of hydrogen-bond donors (Lipinski definition) is 3. The lowest BCUT2D eigenvalue weighted by Crippen LogP contribution is -2.46. The van der Waals surface area contributed by atoms with Crippen LogP contribution in [0.3, 0.4) is 0 Å². The molecule has 0 saturated heterocycles. The van der Waals surface area contributed by atoms with Crippen LogP contribution in [0.4, 0.5) is 0 Å². The largest absolute Gasteiger partial charge is 0.497 e. The van der Waals surface area contributed by atoms with Gasteiger partial charge in [0.25, 0.3) is 0 Å². The molecular formula is C20H33N3O2. The van der Waals surface area contributed by atoms with Gasteiger partial charge in [-0.3, -0.25) is 4.99 Å². The molecule has 1 aliphatic rings. The highest BCUT2D eigenvalue weighted by atomic mass is 16.5. The van der Waals surface area contributed by atoms with Crippen LogP contribution in [0.15, 0.2) is 29.3 Å². The molecule has 1 aromatic carbocycles. The van der Waals surface area contributed by atoms with Crippen molar-refractivity contribution in [2.24, 2.45) is 16.8 Å². The van der Waals surface area contributed by atoms with Gasteiger partial charge in [0, 0.05) is 12.6 Å². The third-order valence-corrected chi connectivity index (χ3v) is 4.76. The number of benzene rings is 1. The minimum Gasteiger partial charge on any atom is -0.497 e. The summed E-state index contributed by atoms with van der Waals surface area (Å²) in [5.74, 6) is 3.02. The SMILES string of the molecule is CCNC(=NCC(O)c1cccc(OC)c1)NC1CC(C)CC(C)C1. The summed E-state index contributed by atoms with van der Waals surface area (Å²) in [5.41, 5.74) is 0.818. The summed E-state index contributed by atoms with van der Waals surface area (Å²) < 4.78 is 5.22. The van der Waals surface area contributed by atoms with Gasteiger partial charge in [0.1, 0.15) is 5.75 Å². The van der Waals surface area contributed by atoms with Crippen LogP contribution in [0.1, 0.15) is 51.7 Å². The highest BCUT2D eigenvalue weighted by Crippen LogP contribution is 2.28. The highest BCUT2D eigenvalue weighted by molar-refractivity contribution is 5.80. The number of methoxy groups -OCH3 is 1. The van der Waals surface area contributed by atoms with Crippen LogP contribution >= 0.6 is 0 Å². The molecular weight excluding hydrogens is 314 g/mol. The molecule has 0 amide bonds. The van der Waals surface area contributed by atoms with E-state index in [-0.39, 0.29) is 0 Å². The first kappa shape index (κ1) is 19.6. The van der Waals surface area contributed by atoms with Crippen molar-refractivity contribution in [3.05, 3.63) is 29.8 Å². The van der Waals surface area contributed by atoms with E-state index in [1.165, 1.54) is 19.3 Å². The number of aliphatic hydroxyl groups is 1. The van der Waals surface area contributed by atoms with Gasteiger partial charge in [-0.15, -0.1) is 0 Å². The van der Waals surface area contributed by atoms with Crippen molar-refractivity contribution in [3.63, 3.8) is 0 Å². The maximum atomic E-state index is 10.4. The number of aliphatic imine (C=N–C) groups is 1. The van der Waals surface area contributed by atoms with Crippen molar-refractivity contribution >= 4 is 5.96 Å². The molecule has 0 radical (unpaired) electrons. The molecule has 0 bridgehead atoms. The van der Waals surface area contributed by atoms with Gasteiger partial charge in [-0.25, -0.2) is 0 Å². The number of nitrogens with zero attached hydrogens (tertiary/aromatic N) is 1. The van der Waals surface area contributed by atoms with Crippen molar-refractivity contribution in [1.29, 1.82) is 0 Å². The molecule has 2 rings (SSSR count). The second kappa shape index (κ2) is 9.66. The zero-order valence-electron chi connectivity index (χ0n) is 16.0. The van der Waals surface area contributed by atoms with Crippen LogP contribution in [0.25, 0.3) is 0 Å². The number of nitrogens with one attached hydrogen (secondary N) is 2. The third kappa shape index (κ3) is 6.24. The maximum Gasteiger partial charge on any atom is 0.191 e. The van der Waals surface area contributed by atoms with Crippen LogP contribution in [0.5, 0.6) is 5.75 Å². The summed E-state index contributed by atoms with van der Waals surface area (Å²) in [4.78, 5) is 4.59. The molecule has 3 atom stereocenters. The Kier molecular flexibility index (Phi) is 7.56. The van der Waals surface area contributed by atoms with E-state index in [4.69, 9.17) is 4.74 Å². The molecule has 5 heteroatoms. The Balaban J connectivity index is 1.98. The maximum absolute atomic E-state index is 10.4. The van der Waals surface area contributed by atoms with E-state index >= 15 is 0 Å². The molecule has 3 N–H and O–H groups in total. The first-order valence-electron chi connectivity index (χ1n) is 9.38. The predicted molar refractivity (Wildman–Crippen MR) is 103 cm³/mol. The van der Waals surface area contributed by atoms with Crippen LogP contribution in [-0.2, 0) is 0 Å². The van der Waals surface area contributed by atoms with E-state index < -0.39 is 6.10 Å². The molecule has 0 spiro atoms. The second-order valence-corrected chi connectivity index (χ2v) is 7.27. The number of aliphatic hydroxyl groups excluding tert-OH is 1. The van der Waals surface area contributed by atoms with Crippen molar-refractivity contribution in [2.75, 3.05) is 20.2 Å². The Morgan fingerprint density at radius 1 is 1.28 bits per heavy atom. The fraction of sp³-hybridized carbons (Fsp3) is 0.650. The topological polar surface area (TPSA) is 65.9 Å². The molecule has 0 aromatic heterocycles. The Hall–Kier alpha value is -1.75. The fourth-order valence-corrected chi connectivity index (χ4v) is 3.71. The third-order valence-electron chi connectivity index (χ3n) is 4.76. The van der Waals surface area contributed by atoms with Crippen LogP contribution < -0.4 is 15.4 Å². The molecule has 1 fully saturated rings. The standard InChI is InChI=1S/C20H33N3O2/c1-5-21-20(23-17-10-14(2)9-15(3)11-17)22-13-19(24)16-7-6-8-18(12-16)25-4/h6-8,12,14-15,17,19,24H,5,9-11,13H2,1-4H3,(H2,21,22,23). The lowest BCUT2D eigenvalue weighted by Gasteiger charge is -2.33. The van der Waals surface area contributed by atoms with Gasteiger partial charge < -0.3 is 20.5 Å². The average molecular weight is 348 g/mol. The molecule has 25 heavy (non-hydrogen) atoms.